The standard InChI is InChI=1S/C12H16O4/c1-4-16-10-7-5-9(6-8-10)12(2,14)11(13)15-3/h5-8,14H,4H2,1-3H3. The number of esters is 1. The van der Waals surface area contributed by atoms with E-state index in [1.807, 2.05) is 6.92 Å². The second-order valence-corrected chi connectivity index (χ2v) is 3.52. The van der Waals surface area contributed by atoms with Gasteiger partial charge in [-0.3, -0.25) is 0 Å². The van der Waals surface area contributed by atoms with Gasteiger partial charge in [-0.1, -0.05) is 12.1 Å². The van der Waals surface area contributed by atoms with Crippen molar-refractivity contribution >= 4 is 5.97 Å². The van der Waals surface area contributed by atoms with Crippen LogP contribution in [0.2, 0.25) is 0 Å². The average molecular weight is 224 g/mol. The smallest absolute Gasteiger partial charge is 0.342 e. The Bertz CT molecular complexity index is 354. The van der Waals surface area contributed by atoms with Gasteiger partial charge in [-0.05, 0) is 31.5 Å². The molecule has 4 heteroatoms. The minimum absolute atomic E-state index is 0.475. The minimum atomic E-state index is -1.63. The molecule has 4 nitrogen and oxygen atoms in total. The van der Waals surface area contributed by atoms with E-state index in [0.717, 1.165) is 0 Å². The number of ether oxygens (including phenoxy) is 2. The van der Waals surface area contributed by atoms with E-state index >= 15 is 0 Å². The van der Waals surface area contributed by atoms with Gasteiger partial charge >= 0.3 is 5.97 Å². The molecule has 16 heavy (non-hydrogen) atoms. The fourth-order valence-electron chi connectivity index (χ4n) is 1.36. The number of aliphatic hydroxyl groups is 1. The van der Waals surface area contributed by atoms with E-state index in [4.69, 9.17) is 4.74 Å². The molecule has 0 heterocycles. The van der Waals surface area contributed by atoms with Crippen molar-refractivity contribution in [2.24, 2.45) is 0 Å². The fourth-order valence-corrected chi connectivity index (χ4v) is 1.36. The average Bonchev–Trinajstić information content (AvgIpc) is 2.29. The molecule has 0 saturated carbocycles. The third-order valence-electron chi connectivity index (χ3n) is 2.31. The Morgan fingerprint density at radius 3 is 2.38 bits per heavy atom. The maximum absolute atomic E-state index is 11.3. The predicted octanol–water partition coefficient (Wildman–Crippen LogP) is 1.47. The molecule has 1 atom stereocenters. The molecule has 0 aromatic heterocycles. The molecule has 1 rings (SSSR count). The van der Waals surface area contributed by atoms with Crippen molar-refractivity contribution in [1.82, 2.24) is 0 Å². The quantitative estimate of drug-likeness (QED) is 0.787. The molecule has 0 fully saturated rings. The molecular formula is C12H16O4. The van der Waals surface area contributed by atoms with E-state index in [1.165, 1.54) is 14.0 Å². The third kappa shape index (κ3) is 2.52. The fraction of sp³-hybridized carbons (Fsp3) is 0.417. The van der Waals surface area contributed by atoms with Crippen LogP contribution in [0.15, 0.2) is 24.3 Å². The molecule has 0 aliphatic heterocycles. The SMILES string of the molecule is CCOc1ccc(C(C)(O)C(=O)OC)cc1. The molecule has 0 aliphatic rings. The Kier molecular flexibility index (Phi) is 3.90. The van der Waals surface area contributed by atoms with E-state index in [2.05, 4.69) is 4.74 Å². The van der Waals surface area contributed by atoms with Crippen LogP contribution >= 0.6 is 0 Å². The first-order valence-electron chi connectivity index (χ1n) is 5.06. The van der Waals surface area contributed by atoms with Crippen LogP contribution in [0.25, 0.3) is 0 Å². The van der Waals surface area contributed by atoms with Crippen molar-refractivity contribution in [3.8, 4) is 5.75 Å². The molecule has 1 N–H and O–H groups in total. The topological polar surface area (TPSA) is 55.8 Å². The number of methoxy groups -OCH3 is 1. The second kappa shape index (κ2) is 4.99. The lowest BCUT2D eigenvalue weighted by Gasteiger charge is -2.20. The van der Waals surface area contributed by atoms with E-state index < -0.39 is 11.6 Å². The second-order valence-electron chi connectivity index (χ2n) is 3.52. The zero-order valence-electron chi connectivity index (χ0n) is 9.69. The van der Waals surface area contributed by atoms with E-state index in [1.54, 1.807) is 24.3 Å². The molecule has 1 unspecified atom stereocenters. The van der Waals surface area contributed by atoms with Crippen LogP contribution in [0.1, 0.15) is 19.4 Å². The van der Waals surface area contributed by atoms with Crippen molar-refractivity contribution in [2.45, 2.75) is 19.4 Å². The first-order chi connectivity index (χ1) is 7.52. The predicted molar refractivity (Wildman–Crippen MR) is 59.2 cm³/mol. The van der Waals surface area contributed by atoms with Crippen LogP contribution in [0, 0.1) is 0 Å². The van der Waals surface area contributed by atoms with Crippen molar-refractivity contribution in [2.75, 3.05) is 13.7 Å². The Labute approximate surface area is 94.8 Å². The maximum atomic E-state index is 11.3. The van der Waals surface area contributed by atoms with Gasteiger partial charge in [-0.2, -0.15) is 0 Å². The van der Waals surface area contributed by atoms with Gasteiger partial charge in [0.05, 0.1) is 13.7 Å². The van der Waals surface area contributed by atoms with Gasteiger partial charge in [0, 0.05) is 0 Å². The van der Waals surface area contributed by atoms with Crippen LogP contribution in [0.4, 0.5) is 0 Å². The molecule has 0 bridgehead atoms. The van der Waals surface area contributed by atoms with Crippen LogP contribution < -0.4 is 4.74 Å². The Hall–Kier alpha value is -1.55. The first-order valence-corrected chi connectivity index (χ1v) is 5.06. The van der Waals surface area contributed by atoms with Gasteiger partial charge in [0.25, 0.3) is 0 Å². The molecule has 0 saturated heterocycles. The van der Waals surface area contributed by atoms with Crippen LogP contribution in [0.3, 0.4) is 0 Å². The largest absolute Gasteiger partial charge is 0.494 e. The highest BCUT2D eigenvalue weighted by atomic mass is 16.5. The summed E-state index contributed by atoms with van der Waals surface area (Å²) in [5.41, 5.74) is -1.15. The summed E-state index contributed by atoms with van der Waals surface area (Å²) in [4.78, 5) is 11.3. The van der Waals surface area contributed by atoms with Crippen molar-refractivity contribution in [3.63, 3.8) is 0 Å². The molecular weight excluding hydrogens is 208 g/mol. The summed E-state index contributed by atoms with van der Waals surface area (Å²) in [6.07, 6.45) is 0. The molecule has 1 aromatic carbocycles. The summed E-state index contributed by atoms with van der Waals surface area (Å²) in [6, 6.07) is 6.69. The summed E-state index contributed by atoms with van der Waals surface area (Å²) in [5.74, 6) is 0.0172. The lowest BCUT2D eigenvalue weighted by molar-refractivity contribution is -0.161. The van der Waals surface area contributed by atoms with Crippen molar-refractivity contribution in [3.05, 3.63) is 29.8 Å². The van der Waals surface area contributed by atoms with Gasteiger partial charge in [-0.25, -0.2) is 4.79 Å². The number of rotatable bonds is 4. The summed E-state index contributed by atoms with van der Waals surface area (Å²) in [5, 5.41) is 9.96. The number of hydrogen-bond donors (Lipinski definition) is 1. The monoisotopic (exact) mass is 224 g/mol. The number of carbonyl (C=O) groups excluding carboxylic acids is 1. The third-order valence-corrected chi connectivity index (χ3v) is 2.31. The van der Waals surface area contributed by atoms with Crippen molar-refractivity contribution in [1.29, 1.82) is 0 Å². The van der Waals surface area contributed by atoms with Crippen LogP contribution in [-0.2, 0) is 15.1 Å². The van der Waals surface area contributed by atoms with E-state index in [9.17, 15) is 9.90 Å². The van der Waals surface area contributed by atoms with E-state index in [-0.39, 0.29) is 0 Å². The lowest BCUT2D eigenvalue weighted by Crippen LogP contribution is -2.33. The number of benzene rings is 1. The van der Waals surface area contributed by atoms with Gasteiger partial charge < -0.3 is 14.6 Å². The summed E-state index contributed by atoms with van der Waals surface area (Å²) in [7, 11) is 1.24. The zero-order chi connectivity index (χ0) is 12.2. The van der Waals surface area contributed by atoms with Crippen LogP contribution in [0.5, 0.6) is 5.75 Å². The summed E-state index contributed by atoms with van der Waals surface area (Å²) >= 11 is 0. The van der Waals surface area contributed by atoms with Gasteiger partial charge in [0.1, 0.15) is 5.75 Å². The maximum Gasteiger partial charge on any atom is 0.342 e. The highest BCUT2D eigenvalue weighted by molar-refractivity contribution is 5.80. The van der Waals surface area contributed by atoms with Gasteiger partial charge in [-0.15, -0.1) is 0 Å². The molecule has 0 aliphatic carbocycles. The minimum Gasteiger partial charge on any atom is -0.494 e. The Morgan fingerprint density at radius 2 is 1.94 bits per heavy atom. The molecule has 0 amide bonds. The number of hydrogen-bond acceptors (Lipinski definition) is 4. The Balaban J connectivity index is 2.92. The number of carbonyl (C=O) groups is 1. The van der Waals surface area contributed by atoms with Gasteiger partial charge in [0.2, 0.25) is 0 Å². The Morgan fingerprint density at radius 1 is 1.38 bits per heavy atom. The first kappa shape index (κ1) is 12.5. The highest BCUT2D eigenvalue weighted by Crippen LogP contribution is 2.24. The lowest BCUT2D eigenvalue weighted by atomic mass is 9.96. The molecule has 0 radical (unpaired) electrons. The van der Waals surface area contributed by atoms with Crippen LogP contribution in [-0.4, -0.2) is 24.8 Å². The van der Waals surface area contributed by atoms with Crippen molar-refractivity contribution < 1.29 is 19.4 Å². The normalized spacial score (nSPS) is 14.0. The molecule has 0 spiro atoms. The summed E-state index contributed by atoms with van der Waals surface area (Å²) < 4.78 is 9.79. The highest BCUT2D eigenvalue weighted by Gasteiger charge is 2.33. The molecule has 88 valence electrons. The van der Waals surface area contributed by atoms with E-state index in [0.29, 0.717) is 17.9 Å². The molecule has 1 aromatic rings. The zero-order valence-corrected chi connectivity index (χ0v) is 9.69. The summed E-state index contributed by atoms with van der Waals surface area (Å²) in [6.45, 7) is 3.86. The van der Waals surface area contributed by atoms with Gasteiger partial charge in [0.15, 0.2) is 5.60 Å².